The molecular weight excluding hydrogens is 276 g/mol. The highest BCUT2D eigenvalue weighted by Gasteiger charge is 1.94. The van der Waals surface area contributed by atoms with Crippen molar-refractivity contribution in [1.29, 1.82) is 0 Å². The van der Waals surface area contributed by atoms with Gasteiger partial charge in [-0.1, -0.05) is 96.8 Å². The lowest BCUT2D eigenvalue weighted by molar-refractivity contribution is -0.305. The molecule has 0 aliphatic heterocycles. The third kappa shape index (κ3) is 22.1. The number of carboxylic acids is 1. The Morgan fingerprint density at radius 1 is 0.619 bits per heavy atom. The molecule has 0 saturated heterocycles. The monoisotopic (exact) mass is 311 g/mol. The van der Waals surface area contributed by atoms with Crippen LogP contribution in [0.2, 0.25) is 0 Å². The van der Waals surface area contributed by atoms with Gasteiger partial charge in [0, 0.05) is 5.97 Å². The van der Waals surface area contributed by atoms with Gasteiger partial charge in [0.2, 0.25) is 0 Å². The molecule has 0 amide bonds. The number of rotatable bonds is 16. The van der Waals surface area contributed by atoms with Crippen LogP contribution in [0, 0.1) is 0 Å². The van der Waals surface area contributed by atoms with E-state index in [2.05, 4.69) is 6.92 Å². The fourth-order valence-electron chi connectivity index (χ4n) is 2.64. The van der Waals surface area contributed by atoms with Gasteiger partial charge in [0.15, 0.2) is 0 Å². The van der Waals surface area contributed by atoms with E-state index in [-0.39, 0.29) is 17.4 Å². The molecule has 0 aromatic heterocycles. The minimum Gasteiger partial charge on any atom is -0.550 e. The smallest absolute Gasteiger partial charge is 0.550 e. The van der Waals surface area contributed by atoms with Crippen molar-refractivity contribution in [2.45, 2.75) is 110 Å². The number of hydrogen-bond donors (Lipinski definition) is 0. The predicted octanol–water partition coefficient (Wildman–Crippen LogP) is 4.62. The van der Waals surface area contributed by atoms with E-state index in [4.69, 9.17) is 0 Å². The molecule has 123 valence electrons. The Morgan fingerprint density at radius 2 is 0.905 bits per heavy atom. The number of carbonyl (C=O) groups is 1. The van der Waals surface area contributed by atoms with Crippen molar-refractivity contribution in [2.75, 3.05) is 0 Å². The van der Waals surface area contributed by atoms with Crippen LogP contribution in [0.3, 0.4) is 0 Å². The van der Waals surface area contributed by atoms with Gasteiger partial charge in [0.05, 0.1) is 0 Å². The van der Waals surface area contributed by atoms with Crippen molar-refractivity contribution in [1.82, 2.24) is 0 Å². The second-order valence-corrected chi connectivity index (χ2v) is 6.07. The summed E-state index contributed by atoms with van der Waals surface area (Å²) in [6.45, 7) is 2.27. The SMILES string of the molecule is CCCCCCCCCCCCCCCCCC(=O)[O-].[Si+]. The second kappa shape index (κ2) is 19.7. The van der Waals surface area contributed by atoms with E-state index in [9.17, 15) is 9.90 Å². The van der Waals surface area contributed by atoms with Crippen LogP contribution in [0.5, 0.6) is 0 Å². The van der Waals surface area contributed by atoms with E-state index < -0.39 is 5.97 Å². The lowest BCUT2D eigenvalue weighted by Crippen LogP contribution is -2.21. The van der Waals surface area contributed by atoms with Gasteiger partial charge in [-0.05, 0) is 12.8 Å². The molecule has 3 heteroatoms. The van der Waals surface area contributed by atoms with Crippen LogP contribution < -0.4 is 5.11 Å². The molecule has 0 unspecified atom stereocenters. The summed E-state index contributed by atoms with van der Waals surface area (Å²) >= 11 is 0. The quantitative estimate of drug-likeness (QED) is 0.308. The number of carbonyl (C=O) groups excluding carboxylic acids is 1. The van der Waals surface area contributed by atoms with Crippen LogP contribution >= 0.6 is 0 Å². The molecule has 0 aliphatic rings. The molecule has 0 rings (SSSR count). The topological polar surface area (TPSA) is 40.1 Å². The molecule has 2 nitrogen and oxygen atoms in total. The molecule has 3 radical (unpaired) electrons. The average Bonchev–Trinajstić information content (AvgIpc) is 2.43. The second-order valence-electron chi connectivity index (χ2n) is 6.07. The molecule has 0 bridgehead atoms. The molecule has 21 heavy (non-hydrogen) atoms. The highest BCUT2D eigenvalue weighted by Crippen LogP contribution is 2.13. The fraction of sp³-hybridized carbons (Fsp3) is 0.944. The van der Waals surface area contributed by atoms with Gasteiger partial charge < -0.3 is 9.90 Å². The molecule has 0 aromatic carbocycles. The molecule has 0 heterocycles. The van der Waals surface area contributed by atoms with Gasteiger partial charge in [-0.3, -0.25) is 0 Å². The summed E-state index contributed by atoms with van der Waals surface area (Å²) in [6, 6.07) is 0. The summed E-state index contributed by atoms with van der Waals surface area (Å²) in [6.07, 6.45) is 19.9. The summed E-state index contributed by atoms with van der Waals surface area (Å²) in [4.78, 5) is 10.2. The summed E-state index contributed by atoms with van der Waals surface area (Å²) < 4.78 is 0. The van der Waals surface area contributed by atoms with Crippen molar-refractivity contribution >= 4 is 16.9 Å². The molecular formula is C18H35O2Si. The van der Waals surface area contributed by atoms with E-state index in [0.717, 1.165) is 12.8 Å². The first-order valence-corrected chi connectivity index (χ1v) is 8.97. The van der Waals surface area contributed by atoms with E-state index in [0.29, 0.717) is 0 Å². The maximum atomic E-state index is 10.2. The highest BCUT2D eigenvalue weighted by atomic mass is 28.1. The van der Waals surface area contributed by atoms with E-state index in [1.165, 1.54) is 83.5 Å². The highest BCUT2D eigenvalue weighted by molar-refractivity contribution is 5.75. The van der Waals surface area contributed by atoms with Crippen molar-refractivity contribution in [3.05, 3.63) is 0 Å². The Kier molecular flexibility index (Phi) is 21.5. The minimum atomic E-state index is -0.903. The van der Waals surface area contributed by atoms with E-state index in [1.807, 2.05) is 0 Å². The zero-order valence-electron chi connectivity index (χ0n) is 14.1. The Morgan fingerprint density at radius 3 is 1.19 bits per heavy atom. The summed E-state index contributed by atoms with van der Waals surface area (Å²) in [7, 11) is 0. The fourth-order valence-corrected chi connectivity index (χ4v) is 2.64. The molecule has 0 fully saturated rings. The lowest BCUT2D eigenvalue weighted by atomic mass is 10.0. The zero-order valence-corrected chi connectivity index (χ0v) is 15.1. The van der Waals surface area contributed by atoms with E-state index in [1.54, 1.807) is 0 Å². The van der Waals surface area contributed by atoms with Crippen LogP contribution in [0.25, 0.3) is 0 Å². The first kappa shape index (κ1) is 23.0. The largest absolute Gasteiger partial charge is 1.00 e. The van der Waals surface area contributed by atoms with Crippen LogP contribution in [0.1, 0.15) is 110 Å². The normalized spacial score (nSPS) is 10.3. The first-order valence-electron chi connectivity index (χ1n) is 8.97. The zero-order chi connectivity index (χ0) is 14.9. The molecule has 0 aromatic rings. The maximum Gasteiger partial charge on any atom is 1.00 e. The van der Waals surface area contributed by atoms with Gasteiger partial charge in [-0.2, -0.15) is 0 Å². The van der Waals surface area contributed by atoms with Crippen LogP contribution in [0.4, 0.5) is 0 Å². The lowest BCUT2D eigenvalue weighted by Gasteiger charge is -2.04. The number of unbranched alkanes of at least 4 members (excludes halogenated alkanes) is 14. The molecule has 0 saturated carbocycles. The van der Waals surface area contributed by atoms with Crippen LogP contribution in [-0.2, 0) is 4.79 Å². The molecule has 0 spiro atoms. The van der Waals surface area contributed by atoms with Gasteiger partial charge in [-0.15, -0.1) is 0 Å². The Hall–Kier alpha value is -0.313. The van der Waals surface area contributed by atoms with Crippen LogP contribution in [-0.4, -0.2) is 16.9 Å². The Bertz CT molecular complexity index is 207. The third-order valence-corrected chi connectivity index (χ3v) is 3.98. The standard InChI is InChI=1S/C18H36O2.Si/c1-2-3-4-5-6-7-8-9-10-11-12-13-14-15-16-17-18(19)20;/h2-17H2,1H3,(H,19,20);/q;+1/p-1. The third-order valence-electron chi connectivity index (χ3n) is 3.98. The first-order chi connectivity index (χ1) is 9.77. The molecule has 0 atom stereocenters. The van der Waals surface area contributed by atoms with Gasteiger partial charge >= 0.3 is 11.0 Å². The Labute approximate surface area is 137 Å². The van der Waals surface area contributed by atoms with Gasteiger partial charge in [0.1, 0.15) is 0 Å². The van der Waals surface area contributed by atoms with Gasteiger partial charge in [-0.25, -0.2) is 0 Å². The maximum absolute atomic E-state index is 10.2. The average molecular weight is 312 g/mol. The summed E-state index contributed by atoms with van der Waals surface area (Å²) in [5, 5.41) is 10.2. The summed E-state index contributed by atoms with van der Waals surface area (Å²) in [5.74, 6) is -0.903. The van der Waals surface area contributed by atoms with Crippen LogP contribution in [0.15, 0.2) is 0 Å². The number of aliphatic carboxylic acids is 1. The molecule has 0 aliphatic carbocycles. The van der Waals surface area contributed by atoms with Gasteiger partial charge in [0.25, 0.3) is 0 Å². The number of hydrogen-bond acceptors (Lipinski definition) is 2. The van der Waals surface area contributed by atoms with Crippen molar-refractivity contribution in [3.63, 3.8) is 0 Å². The van der Waals surface area contributed by atoms with E-state index >= 15 is 0 Å². The van der Waals surface area contributed by atoms with Crippen molar-refractivity contribution in [2.24, 2.45) is 0 Å². The van der Waals surface area contributed by atoms with Crippen molar-refractivity contribution < 1.29 is 9.90 Å². The Balaban J connectivity index is 0. The predicted molar refractivity (Wildman–Crippen MR) is 90.3 cm³/mol. The molecule has 0 N–H and O–H groups in total. The summed E-state index contributed by atoms with van der Waals surface area (Å²) in [5.41, 5.74) is 0. The minimum absolute atomic E-state index is 0. The number of carboxylic acid groups (broad SMARTS) is 1. The van der Waals surface area contributed by atoms with Crippen molar-refractivity contribution in [3.8, 4) is 0 Å².